The Hall–Kier alpha value is -3.98. The molecular formula is C32H37N9. The summed E-state index contributed by atoms with van der Waals surface area (Å²) in [5.74, 6) is 2.19. The van der Waals surface area contributed by atoms with Gasteiger partial charge < -0.3 is 19.8 Å². The summed E-state index contributed by atoms with van der Waals surface area (Å²) in [6.07, 6.45) is 15.3. The first-order valence-corrected chi connectivity index (χ1v) is 15.1. The molecule has 0 unspecified atom stereocenters. The molecule has 1 aromatic carbocycles. The Balaban J connectivity index is 0.000000132. The lowest BCUT2D eigenvalue weighted by atomic mass is 9.95. The number of piperazine rings is 1. The molecule has 9 nitrogen and oxygen atoms in total. The molecule has 4 aliphatic rings. The number of hydrogen-bond acceptors (Lipinski definition) is 7. The highest BCUT2D eigenvalue weighted by Gasteiger charge is 2.51. The third kappa shape index (κ3) is 4.72. The monoisotopic (exact) mass is 547 g/mol. The van der Waals surface area contributed by atoms with Crippen LogP contribution in [0, 0.1) is 5.41 Å². The quantitative estimate of drug-likeness (QED) is 0.321. The first-order valence-electron chi connectivity index (χ1n) is 15.1. The maximum Gasteiger partial charge on any atom is 0.142 e. The minimum atomic E-state index is 0.335. The molecule has 9 rings (SSSR count). The number of anilines is 2. The van der Waals surface area contributed by atoms with E-state index in [4.69, 9.17) is 0 Å². The van der Waals surface area contributed by atoms with Crippen LogP contribution in [0.25, 0.3) is 22.1 Å². The molecule has 2 aliphatic heterocycles. The standard InChI is InChI=1S/C19H21N5.C13H16N4/c1-2-4-15(5-3-1)12-24-11-10-23(13-19(24)7-8-19)18-16-6-9-20-17(16)21-14-22-18;1-3-13(4-5-13)8-17(7-1)12-10-2-6-14-11(10)15-9-16-12/h1-6,9,14H,7-8,10-13H2,(H,20,21,22);2,6,9H,1,3-5,7-8H2,(H,14,15,16). The number of nitrogens with zero attached hydrogens (tertiary/aromatic N) is 7. The number of rotatable bonds is 4. The average Bonchev–Trinajstić information content (AvgIpc) is 3.80. The Morgan fingerprint density at radius 1 is 0.659 bits per heavy atom. The topological polar surface area (TPSA) is 92.9 Å². The number of nitrogens with one attached hydrogen (secondary N) is 2. The fourth-order valence-electron chi connectivity index (χ4n) is 7.06. The van der Waals surface area contributed by atoms with Crippen molar-refractivity contribution < 1.29 is 0 Å². The van der Waals surface area contributed by atoms with Crippen LogP contribution < -0.4 is 9.80 Å². The molecule has 0 atom stereocenters. The molecule has 210 valence electrons. The highest BCUT2D eigenvalue weighted by atomic mass is 15.4. The number of hydrogen-bond donors (Lipinski definition) is 2. The Kier molecular flexibility index (Phi) is 5.95. The molecule has 41 heavy (non-hydrogen) atoms. The third-order valence-corrected chi connectivity index (χ3v) is 9.72. The van der Waals surface area contributed by atoms with Gasteiger partial charge in [-0.3, -0.25) is 4.90 Å². The molecule has 2 saturated heterocycles. The summed E-state index contributed by atoms with van der Waals surface area (Å²) in [5, 5.41) is 2.29. The van der Waals surface area contributed by atoms with Crippen LogP contribution in [0.3, 0.4) is 0 Å². The van der Waals surface area contributed by atoms with E-state index in [0.717, 1.165) is 66.4 Å². The van der Waals surface area contributed by atoms with E-state index >= 15 is 0 Å². The average molecular weight is 548 g/mol. The molecule has 9 heteroatoms. The fraction of sp³-hybridized carbons (Fsp3) is 0.438. The SMILES string of the molecule is c1ccc(CN2CCN(c3ncnc4[nH]ccc34)CC23CC3)cc1.c1nc(N2CCCC3(CC3)C2)c2cc[nH]c2n1. The number of benzene rings is 1. The van der Waals surface area contributed by atoms with Crippen molar-refractivity contribution in [2.75, 3.05) is 42.5 Å². The highest BCUT2D eigenvalue weighted by Crippen LogP contribution is 2.52. The normalized spacial score (nSPS) is 20.9. The second-order valence-electron chi connectivity index (χ2n) is 12.5. The second kappa shape index (κ2) is 9.83. The fourth-order valence-corrected chi connectivity index (χ4v) is 7.06. The van der Waals surface area contributed by atoms with Crippen LogP contribution in [0.2, 0.25) is 0 Å². The molecule has 2 saturated carbocycles. The zero-order chi connectivity index (χ0) is 27.3. The van der Waals surface area contributed by atoms with Gasteiger partial charge in [0.05, 0.1) is 10.8 Å². The summed E-state index contributed by atoms with van der Waals surface area (Å²) in [6, 6.07) is 15.0. The van der Waals surface area contributed by atoms with Crippen LogP contribution in [-0.4, -0.2) is 73.1 Å². The smallest absolute Gasteiger partial charge is 0.142 e. The lowest BCUT2D eigenvalue weighted by Crippen LogP contribution is -2.54. The van der Waals surface area contributed by atoms with Gasteiger partial charge in [-0.15, -0.1) is 0 Å². The maximum absolute atomic E-state index is 4.58. The zero-order valence-corrected chi connectivity index (χ0v) is 23.5. The van der Waals surface area contributed by atoms with Crippen molar-refractivity contribution in [2.45, 2.75) is 50.6 Å². The molecule has 2 aliphatic carbocycles. The van der Waals surface area contributed by atoms with Gasteiger partial charge in [0.25, 0.3) is 0 Å². The van der Waals surface area contributed by atoms with Gasteiger partial charge >= 0.3 is 0 Å². The molecule has 5 aromatic rings. The van der Waals surface area contributed by atoms with E-state index < -0.39 is 0 Å². The first kappa shape index (κ1) is 24.8. The van der Waals surface area contributed by atoms with Crippen LogP contribution in [0.1, 0.15) is 44.1 Å². The summed E-state index contributed by atoms with van der Waals surface area (Å²) in [7, 11) is 0. The van der Waals surface area contributed by atoms with E-state index in [-0.39, 0.29) is 0 Å². The lowest BCUT2D eigenvalue weighted by molar-refractivity contribution is 0.149. The molecule has 0 amide bonds. The van der Waals surface area contributed by atoms with Gasteiger partial charge in [-0.1, -0.05) is 30.3 Å². The van der Waals surface area contributed by atoms with Gasteiger partial charge in [0.2, 0.25) is 0 Å². The Morgan fingerprint density at radius 2 is 1.32 bits per heavy atom. The van der Waals surface area contributed by atoms with Crippen LogP contribution in [0.15, 0.2) is 67.5 Å². The molecule has 0 bridgehead atoms. The van der Waals surface area contributed by atoms with E-state index in [2.05, 4.69) is 87.1 Å². The number of fused-ring (bicyclic) bond motifs is 2. The van der Waals surface area contributed by atoms with Crippen molar-refractivity contribution in [2.24, 2.45) is 5.41 Å². The predicted molar refractivity (Wildman–Crippen MR) is 162 cm³/mol. The zero-order valence-electron chi connectivity index (χ0n) is 23.5. The number of aromatic nitrogens is 6. The molecular weight excluding hydrogens is 510 g/mol. The van der Waals surface area contributed by atoms with Crippen molar-refractivity contribution in [3.63, 3.8) is 0 Å². The minimum Gasteiger partial charge on any atom is -0.355 e. The van der Waals surface area contributed by atoms with E-state index in [1.807, 2.05) is 12.4 Å². The molecule has 2 N–H and O–H groups in total. The van der Waals surface area contributed by atoms with Crippen LogP contribution >= 0.6 is 0 Å². The van der Waals surface area contributed by atoms with Gasteiger partial charge in [-0.05, 0) is 61.6 Å². The van der Waals surface area contributed by atoms with E-state index in [9.17, 15) is 0 Å². The van der Waals surface area contributed by atoms with E-state index in [1.165, 1.54) is 50.6 Å². The van der Waals surface area contributed by atoms with Crippen LogP contribution in [-0.2, 0) is 6.54 Å². The Labute approximate surface area is 240 Å². The molecule has 2 spiro atoms. The van der Waals surface area contributed by atoms with E-state index in [1.54, 1.807) is 12.7 Å². The maximum atomic E-state index is 4.58. The van der Waals surface area contributed by atoms with Crippen molar-refractivity contribution in [1.82, 2.24) is 34.8 Å². The van der Waals surface area contributed by atoms with Gasteiger partial charge in [0, 0.05) is 57.2 Å². The molecule has 0 radical (unpaired) electrons. The van der Waals surface area contributed by atoms with Gasteiger partial charge in [0.15, 0.2) is 0 Å². The van der Waals surface area contributed by atoms with Gasteiger partial charge in [-0.25, -0.2) is 19.9 Å². The van der Waals surface area contributed by atoms with Crippen molar-refractivity contribution in [1.29, 1.82) is 0 Å². The predicted octanol–water partition coefficient (Wildman–Crippen LogP) is 5.15. The Morgan fingerprint density at radius 3 is 1.95 bits per heavy atom. The second-order valence-corrected chi connectivity index (χ2v) is 12.5. The molecule has 6 heterocycles. The van der Waals surface area contributed by atoms with Crippen molar-refractivity contribution >= 4 is 33.7 Å². The lowest BCUT2D eigenvalue weighted by Gasteiger charge is -2.43. The highest BCUT2D eigenvalue weighted by molar-refractivity contribution is 5.88. The molecule has 4 fully saturated rings. The summed E-state index contributed by atoms with van der Waals surface area (Å²) >= 11 is 0. The van der Waals surface area contributed by atoms with Crippen molar-refractivity contribution in [3.8, 4) is 0 Å². The van der Waals surface area contributed by atoms with Gasteiger partial charge in [-0.2, -0.15) is 0 Å². The van der Waals surface area contributed by atoms with E-state index in [0.29, 0.717) is 11.0 Å². The number of aromatic amines is 2. The number of H-pyrrole nitrogens is 2. The van der Waals surface area contributed by atoms with Crippen LogP contribution in [0.4, 0.5) is 11.6 Å². The minimum absolute atomic E-state index is 0.335. The largest absolute Gasteiger partial charge is 0.355 e. The summed E-state index contributed by atoms with van der Waals surface area (Å²) in [6.45, 7) is 6.55. The van der Waals surface area contributed by atoms with Crippen molar-refractivity contribution in [3.05, 3.63) is 73.1 Å². The van der Waals surface area contributed by atoms with Crippen LogP contribution in [0.5, 0.6) is 0 Å². The summed E-state index contributed by atoms with van der Waals surface area (Å²) in [5.41, 5.74) is 4.25. The Bertz CT molecular complexity index is 1650. The summed E-state index contributed by atoms with van der Waals surface area (Å²) in [4.78, 5) is 31.6. The first-order chi connectivity index (χ1) is 20.2. The summed E-state index contributed by atoms with van der Waals surface area (Å²) < 4.78 is 0. The third-order valence-electron chi connectivity index (χ3n) is 9.72. The number of piperidine rings is 1. The molecule has 4 aromatic heterocycles. The van der Waals surface area contributed by atoms with Gasteiger partial charge in [0.1, 0.15) is 35.6 Å².